The highest BCUT2D eigenvalue weighted by molar-refractivity contribution is 14.1. The van der Waals surface area contributed by atoms with Gasteiger partial charge in [-0.3, -0.25) is 4.99 Å². The largest absolute Gasteiger partial charge is 0.465 e. The molecule has 1 heterocycles. The Labute approximate surface area is 177 Å². The number of carbonyl (C=O) groups is 1. The number of aryl methyl sites for hydroxylation is 1. The smallest absolute Gasteiger partial charge is 0.339 e. The number of hydrogen-bond acceptors (Lipinski definition) is 3. The lowest BCUT2D eigenvalue weighted by molar-refractivity contribution is 0.0601. The lowest BCUT2D eigenvalue weighted by Gasteiger charge is -2.09. The molecule has 0 aliphatic heterocycles. The number of carbonyl (C=O) groups excluding carboxylic acids is 1. The van der Waals surface area contributed by atoms with Crippen LogP contribution in [0.1, 0.15) is 27.3 Å². The molecule has 0 amide bonds. The van der Waals surface area contributed by atoms with Crippen molar-refractivity contribution < 1.29 is 9.53 Å². The van der Waals surface area contributed by atoms with Crippen LogP contribution in [0.3, 0.4) is 0 Å². The fraction of sp³-hybridized carbons (Fsp3) is 0.143. The first-order valence-corrected chi connectivity index (χ1v) is 9.73. The third-order valence-corrected chi connectivity index (χ3v) is 5.30. The van der Waals surface area contributed by atoms with E-state index < -0.39 is 5.97 Å². The first-order valence-electron chi connectivity index (χ1n) is 8.27. The molecule has 3 aromatic rings. The number of benzene rings is 2. The van der Waals surface area contributed by atoms with Crippen molar-refractivity contribution in [2.75, 3.05) is 7.11 Å². The van der Waals surface area contributed by atoms with Crippen LogP contribution in [-0.4, -0.2) is 23.9 Å². The second-order valence-corrected chi connectivity index (χ2v) is 7.71. The second kappa shape index (κ2) is 8.27. The number of aromatic nitrogens is 1. The van der Waals surface area contributed by atoms with E-state index in [1.165, 1.54) is 10.7 Å². The molecule has 0 unspecified atom stereocenters. The maximum atomic E-state index is 11.6. The number of halogens is 2. The van der Waals surface area contributed by atoms with Gasteiger partial charge in [0.2, 0.25) is 0 Å². The van der Waals surface area contributed by atoms with Crippen LogP contribution < -0.4 is 0 Å². The molecule has 138 valence electrons. The minimum absolute atomic E-state index is 0.320. The predicted molar refractivity (Wildman–Crippen MR) is 118 cm³/mol. The number of rotatable bonds is 4. The molecule has 0 fully saturated rings. The highest BCUT2D eigenvalue weighted by atomic mass is 127. The lowest BCUT2D eigenvalue weighted by Crippen LogP contribution is -2.01. The van der Waals surface area contributed by atoms with Crippen molar-refractivity contribution in [1.82, 2.24) is 4.57 Å². The van der Waals surface area contributed by atoms with Gasteiger partial charge >= 0.3 is 5.97 Å². The van der Waals surface area contributed by atoms with E-state index in [1.54, 1.807) is 18.2 Å². The molecule has 27 heavy (non-hydrogen) atoms. The molecule has 0 aliphatic rings. The van der Waals surface area contributed by atoms with E-state index in [4.69, 9.17) is 16.3 Å². The monoisotopic (exact) mass is 492 g/mol. The van der Waals surface area contributed by atoms with Crippen molar-refractivity contribution in [2.24, 2.45) is 4.99 Å². The fourth-order valence-corrected chi connectivity index (χ4v) is 3.52. The van der Waals surface area contributed by atoms with Gasteiger partial charge in [0.25, 0.3) is 0 Å². The van der Waals surface area contributed by atoms with Crippen molar-refractivity contribution in [2.45, 2.75) is 13.8 Å². The molecular weight excluding hydrogens is 475 g/mol. The zero-order chi connectivity index (χ0) is 19.6. The molecule has 0 atom stereocenters. The van der Waals surface area contributed by atoms with E-state index in [1.807, 2.05) is 6.21 Å². The Bertz CT molecular complexity index is 1020. The van der Waals surface area contributed by atoms with E-state index in [-0.39, 0.29) is 0 Å². The highest BCUT2D eigenvalue weighted by Crippen LogP contribution is 2.25. The predicted octanol–water partition coefficient (Wildman–Crippen LogP) is 5.89. The average Bonchev–Trinajstić information content (AvgIpc) is 2.94. The molecule has 2 aromatic carbocycles. The third kappa shape index (κ3) is 4.25. The molecule has 0 saturated heterocycles. The van der Waals surface area contributed by atoms with Crippen LogP contribution in [0, 0.1) is 17.4 Å². The van der Waals surface area contributed by atoms with Crippen molar-refractivity contribution >= 4 is 52.1 Å². The summed E-state index contributed by atoms with van der Waals surface area (Å²) in [5.74, 6) is -0.461. The van der Waals surface area contributed by atoms with Gasteiger partial charge in [-0.1, -0.05) is 11.6 Å². The van der Waals surface area contributed by atoms with E-state index in [9.17, 15) is 4.79 Å². The number of esters is 1. The minimum Gasteiger partial charge on any atom is -0.465 e. The zero-order valence-corrected chi connectivity index (χ0v) is 18.1. The maximum absolute atomic E-state index is 11.6. The first kappa shape index (κ1) is 19.6. The van der Waals surface area contributed by atoms with Gasteiger partial charge in [-0.2, -0.15) is 0 Å². The Kier molecular flexibility index (Phi) is 6.01. The highest BCUT2D eigenvalue weighted by Gasteiger charge is 2.11. The molecule has 3 rings (SSSR count). The maximum Gasteiger partial charge on any atom is 0.339 e. The number of ether oxygens (including phenoxy) is 1. The van der Waals surface area contributed by atoms with Crippen molar-refractivity contribution in [3.63, 3.8) is 0 Å². The Morgan fingerprint density at radius 3 is 2.48 bits per heavy atom. The van der Waals surface area contributed by atoms with Gasteiger partial charge in [0.15, 0.2) is 0 Å². The van der Waals surface area contributed by atoms with Crippen LogP contribution in [0.2, 0.25) is 5.02 Å². The topological polar surface area (TPSA) is 43.6 Å². The van der Waals surface area contributed by atoms with Gasteiger partial charge in [-0.25, -0.2) is 4.79 Å². The first-order chi connectivity index (χ1) is 12.9. The normalized spacial score (nSPS) is 11.1. The van der Waals surface area contributed by atoms with Crippen molar-refractivity contribution in [3.05, 3.63) is 79.6 Å². The minimum atomic E-state index is -0.461. The summed E-state index contributed by atoms with van der Waals surface area (Å²) in [5.41, 5.74) is 5.39. The van der Waals surface area contributed by atoms with E-state index in [2.05, 4.69) is 76.3 Å². The number of hydrogen-bond donors (Lipinski definition) is 0. The van der Waals surface area contributed by atoms with Crippen LogP contribution in [0.15, 0.2) is 53.5 Å². The molecule has 6 heteroatoms. The Balaban J connectivity index is 1.90. The van der Waals surface area contributed by atoms with Gasteiger partial charge in [0.1, 0.15) is 0 Å². The number of methoxy groups -OCH3 is 1. The molecule has 0 radical (unpaired) electrons. The standard InChI is InChI=1S/C21H18ClIN2O2/c1-13-10-15(14(2)25(13)18-7-4-16(23)5-8-18)12-24-17-6-9-19(20(22)11-17)21(26)27-3/h4-12H,1-3H3. The summed E-state index contributed by atoms with van der Waals surface area (Å²) >= 11 is 8.46. The van der Waals surface area contributed by atoms with Gasteiger partial charge in [-0.05, 0) is 85.0 Å². The SMILES string of the molecule is COC(=O)c1ccc(N=Cc2cc(C)n(-c3ccc(I)cc3)c2C)cc1Cl. The summed E-state index contributed by atoms with van der Waals surface area (Å²) in [6, 6.07) is 15.5. The fourth-order valence-electron chi connectivity index (χ4n) is 2.91. The Hall–Kier alpha value is -2.12. The molecule has 0 bridgehead atoms. The summed E-state index contributed by atoms with van der Waals surface area (Å²) in [5, 5.41) is 0.320. The zero-order valence-electron chi connectivity index (χ0n) is 15.2. The third-order valence-electron chi connectivity index (χ3n) is 4.27. The molecular formula is C21H18ClIN2O2. The summed E-state index contributed by atoms with van der Waals surface area (Å²) in [6.07, 6.45) is 1.81. The van der Waals surface area contributed by atoms with Gasteiger partial charge in [-0.15, -0.1) is 0 Å². The summed E-state index contributed by atoms with van der Waals surface area (Å²) in [4.78, 5) is 16.1. The molecule has 0 aliphatic carbocycles. The molecule has 0 N–H and O–H groups in total. The summed E-state index contributed by atoms with van der Waals surface area (Å²) in [6.45, 7) is 4.14. The van der Waals surface area contributed by atoms with Crippen LogP contribution in [0.5, 0.6) is 0 Å². The molecule has 4 nitrogen and oxygen atoms in total. The number of aliphatic imine (C=N–C) groups is 1. The van der Waals surface area contributed by atoms with Crippen LogP contribution in [0.25, 0.3) is 5.69 Å². The van der Waals surface area contributed by atoms with Crippen molar-refractivity contribution in [3.8, 4) is 5.69 Å². The molecule has 0 spiro atoms. The van der Waals surface area contributed by atoms with E-state index in [0.29, 0.717) is 16.3 Å². The van der Waals surface area contributed by atoms with Gasteiger partial charge < -0.3 is 9.30 Å². The van der Waals surface area contributed by atoms with Gasteiger partial charge in [0.05, 0.1) is 23.4 Å². The number of nitrogens with zero attached hydrogens (tertiary/aromatic N) is 2. The Morgan fingerprint density at radius 2 is 1.85 bits per heavy atom. The van der Waals surface area contributed by atoms with Crippen LogP contribution >= 0.6 is 34.2 Å². The van der Waals surface area contributed by atoms with Crippen LogP contribution in [-0.2, 0) is 4.74 Å². The Morgan fingerprint density at radius 1 is 1.15 bits per heavy atom. The van der Waals surface area contributed by atoms with Crippen molar-refractivity contribution in [1.29, 1.82) is 0 Å². The lowest BCUT2D eigenvalue weighted by atomic mass is 10.2. The van der Waals surface area contributed by atoms with Gasteiger partial charge in [0, 0.05) is 32.4 Å². The summed E-state index contributed by atoms with van der Waals surface area (Å²) in [7, 11) is 1.33. The molecule has 0 saturated carbocycles. The van der Waals surface area contributed by atoms with E-state index in [0.717, 1.165) is 22.6 Å². The second-order valence-electron chi connectivity index (χ2n) is 6.05. The van der Waals surface area contributed by atoms with E-state index >= 15 is 0 Å². The van der Waals surface area contributed by atoms with Crippen LogP contribution in [0.4, 0.5) is 5.69 Å². The molecule has 1 aromatic heterocycles. The average molecular weight is 493 g/mol. The summed E-state index contributed by atoms with van der Waals surface area (Å²) < 4.78 is 8.10. The quantitative estimate of drug-likeness (QED) is 0.259.